The van der Waals surface area contributed by atoms with Gasteiger partial charge in [0.1, 0.15) is 11.9 Å². The van der Waals surface area contributed by atoms with Crippen LogP contribution in [-0.4, -0.2) is 72.5 Å². The number of benzene rings is 3. The number of anilines is 2. The summed E-state index contributed by atoms with van der Waals surface area (Å²) >= 11 is 0. The Kier molecular flexibility index (Phi) is 9.14. The van der Waals surface area contributed by atoms with E-state index in [0.29, 0.717) is 47.3 Å². The van der Waals surface area contributed by atoms with Crippen LogP contribution in [0.5, 0.6) is 17.2 Å². The number of nitrogens with zero attached hydrogens (tertiary/aromatic N) is 2. The van der Waals surface area contributed by atoms with Gasteiger partial charge in [0.05, 0.1) is 19.1 Å². The molecule has 3 amide bonds. The van der Waals surface area contributed by atoms with Crippen LogP contribution in [0.25, 0.3) is 0 Å². The molecule has 0 saturated carbocycles. The number of hydrogen-bond donors (Lipinski definition) is 3. The lowest BCUT2D eigenvalue weighted by Crippen LogP contribution is -2.47. The monoisotopic (exact) mass is 574 g/mol. The van der Waals surface area contributed by atoms with Crippen molar-refractivity contribution in [3.63, 3.8) is 0 Å². The molecule has 3 atom stereocenters. The molecule has 0 aromatic heterocycles. The molecule has 0 aliphatic carbocycles. The van der Waals surface area contributed by atoms with Gasteiger partial charge in [-0.15, -0.1) is 0 Å². The molecule has 3 aromatic carbocycles. The summed E-state index contributed by atoms with van der Waals surface area (Å²) in [5.41, 5.74) is 2.95. The first-order valence-electron chi connectivity index (χ1n) is 14.2. The van der Waals surface area contributed by atoms with E-state index in [1.54, 1.807) is 41.3 Å². The highest BCUT2D eigenvalue weighted by atomic mass is 16.7. The fraction of sp³-hybridized carbons (Fsp3) is 0.375. The minimum absolute atomic E-state index is 0.00240. The van der Waals surface area contributed by atoms with Crippen LogP contribution in [-0.2, 0) is 17.8 Å². The van der Waals surface area contributed by atoms with Crippen molar-refractivity contribution < 1.29 is 28.9 Å². The number of rotatable bonds is 8. The van der Waals surface area contributed by atoms with Crippen molar-refractivity contribution in [2.45, 2.75) is 39.0 Å². The van der Waals surface area contributed by atoms with Gasteiger partial charge in [0, 0.05) is 48.6 Å². The average molecular weight is 575 g/mol. The summed E-state index contributed by atoms with van der Waals surface area (Å²) in [6.45, 7) is 5.80. The Morgan fingerprint density at radius 1 is 1.02 bits per heavy atom. The summed E-state index contributed by atoms with van der Waals surface area (Å²) in [6.07, 6.45) is -0.136. The molecule has 0 spiro atoms. The van der Waals surface area contributed by atoms with Crippen molar-refractivity contribution in [1.82, 2.24) is 9.80 Å². The minimum Gasteiger partial charge on any atom is -0.488 e. The van der Waals surface area contributed by atoms with Crippen LogP contribution in [0, 0.1) is 5.92 Å². The van der Waals surface area contributed by atoms with Gasteiger partial charge >= 0.3 is 6.03 Å². The summed E-state index contributed by atoms with van der Waals surface area (Å²) in [5.74, 6) is 1.70. The molecule has 2 aliphatic rings. The van der Waals surface area contributed by atoms with Crippen molar-refractivity contribution >= 4 is 23.3 Å². The predicted molar refractivity (Wildman–Crippen MR) is 160 cm³/mol. The molecular formula is C32H38N4O6. The Labute approximate surface area is 246 Å². The normalized spacial score (nSPS) is 18.8. The van der Waals surface area contributed by atoms with Gasteiger partial charge in [-0.1, -0.05) is 37.3 Å². The maximum absolute atomic E-state index is 13.5. The zero-order valence-electron chi connectivity index (χ0n) is 24.2. The first kappa shape index (κ1) is 29.2. The summed E-state index contributed by atoms with van der Waals surface area (Å²) in [7, 11) is 2.06. The third-order valence-electron chi connectivity index (χ3n) is 7.59. The highest BCUT2D eigenvalue weighted by Crippen LogP contribution is 2.34. The first-order chi connectivity index (χ1) is 20.3. The lowest BCUT2D eigenvalue weighted by molar-refractivity contribution is -0.134. The van der Waals surface area contributed by atoms with E-state index in [-0.39, 0.29) is 43.8 Å². The van der Waals surface area contributed by atoms with Gasteiger partial charge in [0.25, 0.3) is 0 Å². The Morgan fingerprint density at radius 3 is 2.45 bits per heavy atom. The third-order valence-corrected chi connectivity index (χ3v) is 7.59. The maximum atomic E-state index is 13.5. The zero-order chi connectivity index (χ0) is 29.6. The van der Waals surface area contributed by atoms with Crippen LogP contribution < -0.4 is 24.8 Å². The molecule has 3 aromatic rings. The number of aliphatic hydroxyl groups is 1. The number of carbonyl (C=O) groups is 2. The lowest BCUT2D eigenvalue weighted by atomic mass is 10.0. The molecule has 2 aliphatic heterocycles. The quantitative estimate of drug-likeness (QED) is 0.367. The fourth-order valence-corrected chi connectivity index (χ4v) is 5.26. The van der Waals surface area contributed by atoms with Gasteiger partial charge in [-0.3, -0.25) is 9.69 Å². The first-order valence-corrected chi connectivity index (χ1v) is 14.2. The number of fused-ring (bicyclic) bond motifs is 2. The van der Waals surface area contributed by atoms with E-state index in [2.05, 4.69) is 41.6 Å². The number of urea groups is 1. The van der Waals surface area contributed by atoms with Gasteiger partial charge in [-0.25, -0.2) is 4.79 Å². The number of ether oxygens (including phenoxy) is 3. The molecule has 0 fully saturated rings. The lowest BCUT2D eigenvalue weighted by Gasteiger charge is -2.34. The molecule has 3 N–H and O–H groups in total. The summed E-state index contributed by atoms with van der Waals surface area (Å²) in [4.78, 5) is 30.2. The summed E-state index contributed by atoms with van der Waals surface area (Å²) < 4.78 is 17.3. The van der Waals surface area contributed by atoms with Crippen LogP contribution in [0.4, 0.5) is 16.2 Å². The van der Waals surface area contributed by atoms with Crippen LogP contribution in [0.1, 0.15) is 25.0 Å². The molecule has 10 nitrogen and oxygen atoms in total. The Balaban J connectivity index is 1.34. The number of nitrogens with one attached hydrogen (secondary N) is 2. The minimum atomic E-state index is -0.436. The Hall–Kier alpha value is -4.28. The van der Waals surface area contributed by atoms with E-state index in [4.69, 9.17) is 14.2 Å². The number of hydrogen-bond acceptors (Lipinski definition) is 7. The van der Waals surface area contributed by atoms with Gasteiger partial charge in [0.2, 0.25) is 12.7 Å². The van der Waals surface area contributed by atoms with E-state index in [9.17, 15) is 14.7 Å². The molecule has 222 valence electrons. The molecule has 42 heavy (non-hydrogen) atoms. The van der Waals surface area contributed by atoms with E-state index in [1.807, 2.05) is 25.1 Å². The van der Waals surface area contributed by atoms with Gasteiger partial charge in [-0.2, -0.15) is 0 Å². The third kappa shape index (κ3) is 7.13. The van der Waals surface area contributed by atoms with Gasteiger partial charge in [0.15, 0.2) is 11.5 Å². The summed E-state index contributed by atoms with van der Waals surface area (Å²) in [5, 5.41) is 15.6. The van der Waals surface area contributed by atoms with E-state index >= 15 is 0 Å². The molecule has 0 bridgehead atoms. The second kappa shape index (κ2) is 13.1. The van der Waals surface area contributed by atoms with Crippen molar-refractivity contribution in [2.75, 3.05) is 44.2 Å². The van der Waals surface area contributed by atoms with E-state index in [0.717, 1.165) is 6.54 Å². The van der Waals surface area contributed by atoms with Crippen molar-refractivity contribution in [3.8, 4) is 17.2 Å². The highest BCUT2D eigenvalue weighted by molar-refractivity contribution is 6.00. The molecule has 5 rings (SSSR count). The van der Waals surface area contributed by atoms with Gasteiger partial charge < -0.3 is 34.9 Å². The standard InChI is InChI=1S/C32H38N4O6/c1-21-16-36(22(2)19-37)31(38)14-24-13-25(33-32(39)34-26-10-12-28-29(15-26)41-20-40-28)9-11-27(24)42-30(21)18-35(3)17-23-7-5-4-6-8-23/h4-13,15,21-22,30,37H,14,16-20H2,1-3H3,(H2,33,34,39)/t21-,22+,30-/m0/s1. The zero-order valence-corrected chi connectivity index (χ0v) is 24.2. The van der Waals surface area contributed by atoms with Crippen LogP contribution in [0.2, 0.25) is 0 Å². The maximum Gasteiger partial charge on any atom is 0.323 e. The topological polar surface area (TPSA) is 113 Å². The largest absolute Gasteiger partial charge is 0.488 e. The van der Waals surface area contributed by atoms with Crippen LogP contribution in [0.3, 0.4) is 0 Å². The van der Waals surface area contributed by atoms with Crippen LogP contribution in [0.15, 0.2) is 66.7 Å². The predicted octanol–water partition coefficient (Wildman–Crippen LogP) is 4.34. The molecule has 0 radical (unpaired) electrons. The summed E-state index contributed by atoms with van der Waals surface area (Å²) in [6, 6.07) is 20.0. The number of likely N-dealkylation sites (N-methyl/N-ethyl adjacent to an activating group) is 1. The van der Waals surface area contributed by atoms with E-state index in [1.165, 1.54) is 5.56 Å². The van der Waals surface area contributed by atoms with Crippen molar-refractivity contribution in [2.24, 2.45) is 5.92 Å². The molecule has 0 unspecified atom stereocenters. The van der Waals surface area contributed by atoms with Crippen LogP contribution >= 0.6 is 0 Å². The fourth-order valence-electron chi connectivity index (χ4n) is 5.26. The smallest absolute Gasteiger partial charge is 0.323 e. The SMILES string of the molecule is C[C@H](CO)N1C[C@H](C)[C@H](CN(C)Cc2ccccc2)Oc2ccc(NC(=O)Nc3ccc4c(c3)OCO4)cc2CC1=O. The van der Waals surface area contributed by atoms with Crippen molar-refractivity contribution in [3.05, 3.63) is 77.9 Å². The average Bonchev–Trinajstić information content (AvgIpc) is 3.45. The second-order valence-corrected chi connectivity index (χ2v) is 11.0. The number of amides is 3. The second-order valence-electron chi connectivity index (χ2n) is 11.0. The van der Waals surface area contributed by atoms with Crippen molar-refractivity contribution in [1.29, 1.82) is 0 Å². The number of carbonyl (C=O) groups excluding carboxylic acids is 2. The Morgan fingerprint density at radius 2 is 1.71 bits per heavy atom. The Bertz CT molecular complexity index is 1400. The number of aliphatic hydroxyl groups excluding tert-OH is 1. The van der Waals surface area contributed by atoms with E-state index < -0.39 is 6.03 Å². The van der Waals surface area contributed by atoms with Gasteiger partial charge in [-0.05, 0) is 49.9 Å². The molecule has 2 heterocycles. The molecule has 10 heteroatoms. The molecular weight excluding hydrogens is 536 g/mol. The highest BCUT2D eigenvalue weighted by Gasteiger charge is 2.31. The molecule has 0 saturated heterocycles.